The largest absolute Gasteiger partial charge is 0.494 e. The van der Waals surface area contributed by atoms with E-state index in [4.69, 9.17) is 9.47 Å². The summed E-state index contributed by atoms with van der Waals surface area (Å²) in [5, 5.41) is 2.62. The molecule has 2 aliphatic rings. The summed E-state index contributed by atoms with van der Waals surface area (Å²) in [6.45, 7) is 10.5. The zero-order valence-corrected chi connectivity index (χ0v) is 28.7. The number of allylic oxidation sites excluding steroid dienone is 1. The van der Waals surface area contributed by atoms with Crippen LogP contribution in [0.5, 0.6) is 5.75 Å². The van der Waals surface area contributed by atoms with Crippen molar-refractivity contribution in [3.63, 3.8) is 0 Å². The Kier molecular flexibility index (Phi) is 12.4. The first kappa shape index (κ1) is 37.8. The molecule has 2 amide bonds. The molecular formula is C35H43F3N4O6S. The van der Waals surface area contributed by atoms with Crippen molar-refractivity contribution in [2.75, 3.05) is 52.3 Å². The highest BCUT2D eigenvalue weighted by atomic mass is 32.2. The quantitative estimate of drug-likeness (QED) is 0.196. The lowest BCUT2D eigenvalue weighted by atomic mass is 9.89. The summed E-state index contributed by atoms with van der Waals surface area (Å²) in [6.07, 6.45) is 0.279. The van der Waals surface area contributed by atoms with Gasteiger partial charge in [-0.1, -0.05) is 18.2 Å². The van der Waals surface area contributed by atoms with Gasteiger partial charge in [0.1, 0.15) is 17.1 Å². The fourth-order valence-corrected chi connectivity index (χ4v) is 7.17. The summed E-state index contributed by atoms with van der Waals surface area (Å²) < 4.78 is 80.0. The molecule has 49 heavy (non-hydrogen) atoms. The summed E-state index contributed by atoms with van der Waals surface area (Å²) in [5.41, 5.74) is -0.0921. The molecule has 0 unspecified atom stereocenters. The number of nitrogens with one attached hydrogen (secondary N) is 1. The monoisotopic (exact) mass is 704 g/mol. The van der Waals surface area contributed by atoms with Crippen LogP contribution >= 0.6 is 0 Å². The van der Waals surface area contributed by atoms with Gasteiger partial charge in [-0.3, -0.25) is 14.6 Å². The van der Waals surface area contributed by atoms with Gasteiger partial charge in [0.25, 0.3) is 11.8 Å². The smallest absolute Gasteiger partial charge is 0.416 e. The lowest BCUT2D eigenvalue weighted by molar-refractivity contribution is -0.137. The first-order chi connectivity index (χ1) is 23.2. The minimum absolute atomic E-state index is 0.00141. The van der Waals surface area contributed by atoms with E-state index in [9.17, 15) is 31.2 Å². The molecule has 0 aliphatic carbocycles. The SMILES string of the molecule is C=CCCCOc1cc(C2=NC3(CCN(S(=O)(=O)CCc4ccc(C(=O)N(C)CCOCC=C)cc4C)CC3)C(=O)N2)cc(C(F)(F)F)c1. The number of nitrogens with zero attached hydrogens (tertiary/aromatic N) is 3. The molecule has 1 saturated heterocycles. The van der Waals surface area contributed by atoms with E-state index in [-0.39, 0.29) is 67.8 Å². The number of alkyl halides is 3. The highest BCUT2D eigenvalue weighted by Gasteiger charge is 2.47. The minimum Gasteiger partial charge on any atom is -0.494 e. The number of sulfonamides is 1. The number of carbonyl (C=O) groups excluding carboxylic acids is 2. The number of ether oxygens (including phenoxy) is 2. The van der Waals surface area contributed by atoms with E-state index in [2.05, 4.69) is 23.5 Å². The molecule has 0 atom stereocenters. The topological polar surface area (TPSA) is 118 Å². The number of benzene rings is 2. The molecular weight excluding hydrogens is 661 g/mol. The second-order valence-electron chi connectivity index (χ2n) is 12.2. The molecule has 1 spiro atoms. The van der Waals surface area contributed by atoms with Gasteiger partial charge in [0.15, 0.2) is 0 Å². The van der Waals surface area contributed by atoms with Crippen LogP contribution in [0, 0.1) is 6.92 Å². The maximum Gasteiger partial charge on any atom is 0.416 e. The van der Waals surface area contributed by atoms with Crippen molar-refractivity contribution >= 4 is 27.7 Å². The van der Waals surface area contributed by atoms with Gasteiger partial charge in [-0.2, -0.15) is 13.2 Å². The average Bonchev–Trinajstić information content (AvgIpc) is 3.38. The number of aryl methyl sites for hydroxylation is 2. The number of rotatable bonds is 16. The number of halogens is 3. The van der Waals surface area contributed by atoms with Crippen molar-refractivity contribution in [3.05, 3.63) is 89.5 Å². The molecule has 0 saturated carbocycles. The van der Waals surface area contributed by atoms with Crippen LogP contribution in [-0.4, -0.2) is 93.1 Å². The fourth-order valence-electron chi connectivity index (χ4n) is 5.69. The van der Waals surface area contributed by atoms with E-state index in [1.165, 1.54) is 10.4 Å². The number of amides is 2. The van der Waals surface area contributed by atoms with Gasteiger partial charge in [0, 0.05) is 37.8 Å². The number of carbonyl (C=O) groups is 2. The third kappa shape index (κ3) is 9.58. The molecule has 4 rings (SSSR count). The lowest BCUT2D eigenvalue weighted by Crippen LogP contribution is -2.50. The van der Waals surface area contributed by atoms with Crippen LogP contribution in [0.25, 0.3) is 0 Å². The zero-order chi connectivity index (χ0) is 35.8. The molecule has 2 aliphatic heterocycles. The molecule has 10 nitrogen and oxygen atoms in total. The van der Waals surface area contributed by atoms with Gasteiger partial charge in [-0.05, 0) is 80.5 Å². The molecule has 0 aromatic heterocycles. The predicted octanol–water partition coefficient (Wildman–Crippen LogP) is 4.92. The number of piperidine rings is 1. The number of hydrogen-bond donors (Lipinski definition) is 1. The van der Waals surface area contributed by atoms with E-state index >= 15 is 0 Å². The van der Waals surface area contributed by atoms with Crippen LogP contribution in [0.4, 0.5) is 13.2 Å². The van der Waals surface area contributed by atoms with Crippen LogP contribution in [0.3, 0.4) is 0 Å². The Balaban J connectivity index is 1.39. The average molecular weight is 705 g/mol. The molecule has 266 valence electrons. The number of likely N-dealkylation sites (N-methyl/N-ethyl adjacent to an activating group) is 1. The summed E-state index contributed by atoms with van der Waals surface area (Å²) in [7, 11) is -2.03. The second-order valence-corrected chi connectivity index (χ2v) is 14.3. The Hall–Kier alpha value is -4.01. The Morgan fingerprint density at radius 3 is 2.51 bits per heavy atom. The van der Waals surface area contributed by atoms with Crippen LogP contribution in [-0.2, 0) is 32.2 Å². The maximum absolute atomic E-state index is 13.7. The Morgan fingerprint density at radius 1 is 1.12 bits per heavy atom. The van der Waals surface area contributed by atoms with Crippen molar-refractivity contribution < 1.29 is 40.7 Å². The first-order valence-electron chi connectivity index (χ1n) is 16.1. The van der Waals surface area contributed by atoms with E-state index < -0.39 is 33.2 Å². The van der Waals surface area contributed by atoms with E-state index in [0.29, 0.717) is 38.2 Å². The van der Waals surface area contributed by atoms with Gasteiger partial charge in [-0.25, -0.2) is 12.7 Å². The van der Waals surface area contributed by atoms with E-state index in [0.717, 1.165) is 23.3 Å². The normalized spacial score (nSPS) is 16.3. The van der Waals surface area contributed by atoms with Gasteiger partial charge in [0.2, 0.25) is 10.0 Å². The molecule has 1 N–H and O–H groups in total. The maximum atomic E-state index is 13.7. The van der Waals surface area contributed by atoms with Crippen molar-refractivity contribution in [2.24, 2.45) is 4.99 Å². The van der Waals surface area contributed by atoms with Crippen LogP contribution in [0.1, 0.15) is 58.3 Å². The van der Waals surface area contributed by atoms with Gasteiger partial charge in [0.05, 0.1) is 31.1 Å². The number of hydrogen-bond acceptors (Lipinski definition) is 7. The molecule has 2 aromatic rings. The minimum atomic E-state index is -4.65. The Bertz CT molecular complexity index is 1680. The predicted molar refractivity (Wildman–Crippen MR) is 181 cm³/mol. The summed E-state index contributed by atoms with van der Waals surface area (Å²) in [6, 6.07) is 8.41. The van der Waals surface area contributed by atoms with E-state index in [1.54, 1.807) is 42.3 Å². The Morgan fingerprint density at radius 2 is 1.86 bits per heavy atom. The standard InChI is InChI=1S/C35H43F3N4O6S/c1-5-7-8-18-48-30-23-28(22-29(24-30)35(36,37)38)31-39-33(44)34(40-31)12-14-42(15-13-34)49(45,46)20-11-26-9-10-27(21-25(26)3)32(43)41(4)16-19-47-17-6-2/h5-6,9-10,21-24H,1-2,7-8,11-20H2,3-4H3,(H,39,40,44). The van der Waals surface area contributed by atoms with E-state index in [1.807, 2.05) is 6.92 Å². The third-order valence-electron chi connectivity index (χ3n) is 8.62. The number of aliphatic imine (C=N–C) groups is 1. The van der Waals surface area contributed by atoms with Crippen molar-refractivity contribution in [3.8, 4) is 5.75 Å². The van der Waals surface area contributed by atoms with Crippen molar-refractivity contribution in [2.45, 2.75) is 50.7 Å². The van der Waals surface area contributed by atoms with Crippen molar-refractivity contribution in [1.82, 2.24) is 14.5 Å². The summed E-state index contributed by atoms with van der Waals surface area (Å²) >= 11 is 0. The summed E-state index contributed by atoms with van der Waals surface area (Å²) in [5.74, 6) is -0.829. The molecule has 14 heteroatoms. The molecule has 1 fully saturated rings. The zero-order valence-electron chi connectivity index (χ0n) is 27.9. The third-order valence-corrected chi connectivity index (χ3v) is 10.5. The molecule has 0 bridgehead atoms. The van der Waals surface area contributed by atoms with Crippen LogP contribution in [0.2, 0.25) is 0 Å². The molecule has 0 radical (unpaired) electrons. The van der Waals surface area contributed by atoms with Gasteiger partial charge >= 0.3 is 6.18 Å². The highest BCUT2D eigenvalue weighted by Crippen LogP contribution is 2.36. The van der Waals surface area contributed by atoms with Crippen LogP contribution in [0.15, 0.2) is 66.7 Å². The highest BCUT2D eigenvalue weighted by molar-refractivity contribution is 7.89. The number of amidine groups is 1. The fraction of sp³-hybridized carbons (Fsp3) is 0.457. The molecule has 2 aromatic carbocycles. The number of unbranched alkanes of at least 4 members (excludes halogenated alkanes) is 1. The summed E-state index contributed by atoms with van der Waals surface area (Å²) in [4.78, 5) is 32.1. The van der Waals surface area contributed by atoms with Gasteiger partial charge in [-0.15, -0.1) is 13.2 Å². The van der Waals surface area contributed by atoms with Gasteiger partial charge < -0.3 is 19.7 Å². The lowest BCUT2D eigenvalue weighted by Gasteiger charge is -2.34. The molecule has 2 heterocycles. The van der Waals surface area contributed by atoms with Crippen molar-refractivity contribution in [1.29, 1.82) is 0 Å². The Labute approximate surface area is 285 Å². The van der Waals surface area contributed by atoms with Crippen LogP contribution < -0.4 is 10.1 Å². The first-order valence-corrected chi connectivity index (χ1v) is 17.7. The second kappa shape index (κ2) is 16.1.